The minimum atomic E-state index is 0.715. The fourth-order valence-corrected chi connectivity index (χ4v) is 0.899. The maximum Gasteiger partial charge on any atom is 0.136 e. The van der Waals surface area contributed by atoms with Gasteiger partial charge in [-0.05, 0) is 18.4 Å². The van der Waals surface area contributed by atoms with E-state index >= 15 is 0 Å². The van der Waals surface area contributed by atoms with Gasteiger partial charge in [-0.3, -0.25) is 0 Å². The second kappa shape index (κ2) is 3.01. The third kappa shape index (κ3) is 1.29. The Morgan fingerprint density at radius 2 is 2.27 bits per heavy atom. The molecule has 1 aliphatic heterocycles. The average Bonchev–Trinajstić information content (AvgIpc) is 2.04. The van der Waals surface area contributed by atoms with E-state index in [0.717, 1.165) is 11.1 Å². The molecule has 2 nitrogen and oxygen atoms in total. The summed E-state index contributed by atoms with van der Waals surface area (Å²) in [7, 11) is 0. The lowest BCUT2D eigenvalue weighted by atomic mass is 10.1. The molecule has 11 heavy (non-hydrogen) atoms. The Kier molecular flexibility index (Phi) is 2.06. The minimum absolute atomic E-state index is 0.715. The van der Waals surface area contributed by atoms with Crippen LogP contribution in [0.3, 0.4) is 0 Å². The zero-order valence-corrected chi connectivity index (χ0v) is 6.30. The molecule has 0 bridgehead atoms. The van der Waals surface area contributed by atoms with Gasteiger partial charge in [0.15, 0.2) is 0 Å². The molecule has 0 aromatic carbocycles. The van der Waals surface area contributed by atoms with E-state index < -0.39 is 0 Å². The first-order chi connectivity index (χ1) is 5.29. The standard InChI is InChI=1S/C9H10N2/c1-4-8-7(2)5-6-11-9(8)10-3/h4-6,11H,1-3H2. The third-order valence-corrected chi connectivity index (χ3v) is 1.47. The maximum absolute atomic E-state index is 3.82. The van der Waals surface area contributed by atoms with Crippen molar-refractivity contribution in [3.63, 3.8) is 0 Å². The van der Waals surface area contributed by atoms with Crippen molar-refractivity contribution in [3.8, 4) is 0 Å². The van der Waals surface area contributed by atoms with E-state index in [0.29, 0.717) is 5.82 Å². The number of hydrogen-bond donors (Lipinski definition) is 1. The lowest BCUT2D eigenvalue weighted by Crippen LogP contribution is -2.10. The van der Waals surface area contributed by atoms with Crippen LogP contribution in [0.25, 0.3) is 0 Å². The molecule has 0 atom stereocenters. The Bertz CT molecular complexity index is 269. The minimum Gasteiger partial charge on any atom is -0.346 e. The van der Waals surface area contributed by atoms with E-state index in [1.165, 1.54) is 0 Å². The van der Waals surface area contributed by atoms with Crippen molar-refractivity contribution in [1.82, 2.24) is 5.32 Å². The first kappa shape index (κ1) is 7.54. The zero-order chi connectivity index (χ0) is 8.27. The highest BCUT2D eigenvalue weighted by molar-refractivity contribution is 5.50. The molecule has 0 radical (unpaired) electrons. The topological polar surface area (TPSA) is 24.4 Å². The molecule has 1 N–H and O–H groups in total. The van der Waals surface area contributed by atoms with Crippen molar-refractivity contribution in [2.45, 2.75) is 0 Å². The van der Waals surface area contributed by atoms with Crippen LogP contribution in [0.4, 0.5) is 0 Å². The van der Waals surface area contributed by atoms with Crippen LogP contribution in [0.1, 0.15) is 0 Å². The number of allylic oxidation sites excluding steroid dienone is 4. The fraction of sp³-hybridized carbons (Fsp3) is 0. The summed E-state index contributed by atoms with van der Waals surface area (Å²) in [4.78, 5) is 3.79. The number of aliphatic imine (C=N–C) groups is 1. The molecule has 0 spiro atoms. The van der Waals surface area contributed by atoms with Crippen molar-refractivity contribution in [3.05, 3.63) is 48.5 Å². The predicted molar refractivity (Wildman–Crippen MR) is 48.2 cm³/mol. The summed E-state index contributed by atoms with van der Waals surface area (Å²) in [5.74, 6) is 0.715. The molecule has 1 heterocycles. The van der Waals surface area contributed by atoms with Crippen LogP contribution in [0.2, 0.25) is 0 Å². The van der Waals surface area contributed by atoms with Gasteiger partial charge in [-0.25, -0.2) is 4.99 Å². The molecule has 0 aliphatic carbocycles. The smallest absolute Gasteiger partial charge is 0.136 e. The van der Waals surface area contributed by atoms with Crippen molar-refractivity contribution in [1.29, 1.82) is 0 Å². The summed E-state index contributed by atoms with van der Waals surface area (Å²) in [6, 6.07) is 0. The Balaban J connectivity index is 3.08. The molecule has 0 unspecified atom stereocenters. The Morgan fingerprint density at radius 1 is 1.55 bits per heavy atom. The number of dihydropyridines is 1. The van der Waals surface area contributed by atoms with E-state index in [-0.39, 0.29) is 0 Å². The lowest BCUT2D eigenvalue weighted by Gasteiger charge is -2.12. The molecular weight excluding hydrogens is 136 g/mol. The van der Waals surface area contributed by atoms with Crippen LogP contribution in [-0.2, 0) is 0 Å². The quantitative estimate of drug-likeness (QED) is 0.590. The summed E-state index contributed by atoms with van der Waals surface area (Å²) >= 11 is 0. The number of hydrogen-bond acceptors (Lipinski definition) is 2. The average molecular weight is 146 g/mol. The molecular formula is C9H10N2. The molecule has 1 aliphatic rings. The van der Waals surface area contributed by atoms with Crippen molar-refractivity contribution >= 4 is 6.72 Å². The summed E-state index contributed by atoms with van der Waals surface area (Å²) < 4.78 is 0. The monoisotopic (exact) mass is 146 g/mol. The van der Waals surface area contributed by atoms with Crippen LogP contribution >= 0.6 is 0 Å². The SMILES string of the molecule is C=CC1=C(N=C)NC=CC1=C. The summed E-state index contributed by atoms with van der Waals surface area (Å²) in [5, 5.41) is 2.94. The summed E-state index contributed by atoms with van der Waals surface area (Å²) in [6.07, 6.45) is 5.36. The number of nitrogens with one attached hydrogen (secondary N) is 1. The van der Waals surface area contributed by atoms with Crippen molar-refractivity contribution < 1.29 is 0 Å². The van der Waals surface area contributed by atoms with E-state index in [9.17, 15) is 0 Å². The summed E-state index contributed by atoms with van der Waals surface area (Å²) in [6.45, 7) is 10.9. The van der Waals surface area contributed by atoms with Crippen molar-refractivity contribution in [2.24, 2.45) is 4.99 Å². The van der Waals surface area contributed by atoms with E-state index in [2.05, 4.69) is 30.2 Å². The van der Waals surface area contributed by atoms with Gasteiger partial charge in [0.25, 0.3) is 0 Å². The second-order valence-corrected chi connectivity index (χ2v) is 2.13. The Labute approximate surface area is 66.3 Å². The third-order valence-electron chi connectivity index (χ3n) is 1.47. The number of rotatable bonds is 2. The molecule has 0 amide bonds. The van der Waals surface area contributed by atoms with Crippen LogP contribution in [0, 0.1) is 0 Å². The van der Waals surface area contributed by atoms with E-state index in [4.69, 9.17) is 0 Å². The number of nitrogens with zero attached hydrogens (tertiary/aromatic N) is 1. The van der Waals surface area contributed by atoms with Crippen molar-refractivity contribution in [2.75, 3.05) is 0 Å². The Hall–Kier alpha value is -1.57. The van der Waals surface area contributed by atoms with Gasteiger partial charge < -0.3 is 5.32 Å². The van der Waals surface area contributed by atoms with Gasteiger partial charge in [0.1, 0.15) is 5.82 Å². The fourth-order valence-electron chi connectivity index (χ4n) is 0.899. The highest BCUT2D eigenvalue weighted by Gasteiger charge is 2.05. The largest absolute Gasteiger partial charge is 0.346 e. The van der Waals surface area contributed by atoms with Gasteiger partial charge in [-0.1, -0.05) is 19.2 Å². The van der Waals surface area contributed by atoms with Gasteiger partial charge in [-0.15, -0.1) is 0 Å². The molecule has 0 aromatic rings. The maximum atomic E-state index is 3.82. The van der Waals surface area contributed by atoms with Gasteiger partial charge in [0.05, 0.1) is 0 Å². The molecule has 56 valence electrons. The second-order valence-electron chi connectivity index (χ2n) is 2.13. The molecule has 1 rings (SSSR count). The highest BCUT2D eigenvalue weighted by Crippen LogP contribution is 2.17. The molecule has 0 saturated heterocycles. The molecule has 0 saturated carbocycles. The predicted octanol–water partition coefficient (Wildman–Crippen LogP) is 1.76. The van der Waals surface area contributed by atoms with E-state index in [1.807, 2.05) is 6.08 Å². The van der Waals surface area contributed by atoms with Gasteiger partial charge in [-0.2, -0.15) is 0 Å². The first-order valence-corrected chi connectivity index (χ1v) is 3.25. The normalized spacial score (nSPS) is 16.2. The van der Waals surface area contributed by atoms with Crippen LogP contribution in [0.5, 0.6) is 0 Å². The van der Waals surface area contributed by atoms with E-state index in [1.54, 1.807) is 12.3 Å². The van der Waals surface area contributed by atoms with Gasteiger partial charge in [0, 0.05) is 11.8 Å². The molecule has 0 aromatic heterocycles. The van der Waals surface area contributed by atoms with Crippen LogP contribution in [-0.4, -0.2) is 6.72 Å². The Morgan fingerprint density at radius 3 is 2.73 bits per heavy atom. The van der Waals surface area contributed by atoms with Gasteiger partial charge >= 0.3 is 0 Å². The first-order valence-electron chi connectivity index (χ1n) is 3.25. The lowest BCUT2D eigenvalue weighted by molar-refractivity contribution is 0.995. The van der Waals surface area contributed by atoms with Crippen LogP contribution < -0.4 is 5.32 Å². The molecule has 2 heteroatoms. The zero-order valence-electron chi connectivity index (χ0n) is 6.30. The summed E-state index contributed by atoms with van der Waals surface area (Å²) in [5.41, 5.74) is 1.81. The van der Waals surface area contributed by atoms with Gasteiger partial charge in [0.2, 0.25) is 0 Å². The molecule has 0 fully saturated rings. The highest BCUT2D eigenvalue weighted by atomic mass is 15.0. The van der Waals surface area contributed by atoms with Crippen LogP contribution in [0.15, 0.2) is 53.5 Å².